The lowest BCUT2D eigenvalue weighted by atomic mass is 10.1. The summed E-state index contributed by atoms with van der Waals surface area (Å²) in [5, 5.41) is 2.93. The maximum Gasteiger partial charge on any atom is 0.248 e. The van der Waals surface area contributed by atoms with Crippen LogP contribution in [0.1, 0.15) is 29.1 Å². The van der Waals surface area contributed by atoms with Gasteiger partial charge in [0.1, 0.15) is 11.6 Å². The van der Waals surface area contributed by atoms with E-state index in [2.05, 4.69) is 5.32 Å². The van der Waals surface area contributed by atoms with E-state index in [0.29, 0.717) is 5.76 Å². The van der Waals surface area contributed by atoms with Crippen LogP contribution in [0.25, 0.3) is 0 Å². The molecule has 2 aromatic rings. The topological polar surface area (TPSA) is 68.3 Å². The van der Waals surface area contributed by atoms with Crippen molar-refractivity contribution in [3.05, 3.63) is 53.7 Å². The molecule has 1 unspecified atom stereocenters. The summed E-state index contributed by atoms with van der Waals surface area (Å²) in [4.78, 5) is 11.0. The highest BCUT2D eigenvalue weighted by Gasteiger charge is 2.12. The Kier molecular flexibility index (Phi) is 3.32. The van der Waals surface area contributed by atoms with E-state index in [-0.39, 0.29) is 17.3 Å². The van der Waals surface area contributed by atoms with E-state index in [1.165, 1.54) is 18.2 Å². The van der Waals surface area contributed by atoms with Crippen LogP contribution in [0, 0.1) is 5.82 Å². The number of halogens is 1. The van der Waals surface area contributed by atoms with Gasteiger partial charge in [-0.2, -0.15) is 0 Å². The summed E-state index contributed by atoms with van der Waals surface area (Å²) in [6.07, 6.45) is 1.55. The minimum absolute atomic E-state index is 0.211. The Balaban J connectivity index is 2.23. The van der Waals surface area contributed by atoms with Crippen molar-refractivity contribution in [1.29, 1.82) is 0 Å². The molecule has 3 N–H and O–H groups in total. The van der Waals surface area contributed by atoms with Gasteiger partial charge in [-0.05, 0) is 37.3 Å². The van der Waals surface area contributed by atoms with Gasteiger partial charge in [0.25, 0.3) is 0 Å². The van der Waals surface area contributed by atoms with E-state index in [4.69, 9.17) is 10.2 Å². The third kappa shape index (κ3) is 2.51. The van der Waals surface area contributed by atoms with Crippen molar-refractivity contribution in [3.63, 3.8) is 0 Å². The van der Waals surface area contributed by atoms with Gasteiger partial charge < -0.3 is 15.5 Å². The van der Waals surface area contributed by atoms with E-state index in [1.807, 2.05) is 6.92 Å². The van der Waals surface area contributed by atoms with Crippen molar-refractivity contribution in [3.8, 4) is 0 Å². The number of nitrogens with two attached hydrogens (primary N) is 1. The summed E-state index contributed by atoms with van der Waals surface area (Å²) in [7, 11) is 0. The number of carbonyl (C=O) groups excluding carboxylic acids is 1. The second-order valence-electron chi connectivity index (χ2n) is 3.94. The number of rotatable bonds is 4. The first-order valence-corrected chi connectivity index (χ1v) is 5.47. The Morgan fingerprint density at radius 2 is 2.22 bits per heavy atom. The number of amides is 1. The highest BCUT2D eigenvalue weighted by atomic mass is 19.1. The molecule has 0 saturated heterocycles. The lowest BCUT2D eigenvalue weighted by Crippen LogP contribution is -2.13. The molecule has 1 atom stereocenters. The standard InChI is InChI=1S/C13H13FN2O2/c1-8(12-3-2-6-18-12)16-11-7-9(13(15)17)4-5-10(11)14/h2-8,16H,1H3,(H2,15,17). The summed E-state index contributed by atoms with van der Waals surface area (Å²) in [6.45, 7) is 1.83. The van der Waals surface area contributed by atoms with Gasteiger partial charge in [-0.15, -0.1) is 0 Å². The van der Waals surface area contributed by atoms with Gasteiger partial charge in [-0.1, -0.05) is 0 Å². The molecule has 0 fully saturated rings. The number of benzene rings is 1. The molecule has 4 nitrogen and oxygen atoms in total. The second kappa shape index (κ2) is 4.91. The molecular weight excluding hydrogens is 235 g/mol. The molecule has 1 aromatic carbocycles. The van der Waals surface area contributed by atoms with E-state index in [9.17, 15) is 9.18 Å². The SMILES string of the molecule is CC(Nc1cc(C(N)=O)ccc1F)c1ccco1. The molecule has 0 bridgehead atoms. The van der Waals surface area contributed by atoms with Crippen LogP contribution in [0.15, 0.2) is 41.0 Å². The Bertz CT molecular complexity index is 552. The number of primary amides is 1. The monoisotopic (exact) mass is 248 g/mol. The van der Waals surface area contributed by atoms with Gasteiger partial charge in [0, 0.05) is 5.56 Å². The molecule has 94 valence electrons. The lowest BCUT2D eigenvalue weighted by Gasteiger charge is -2.14. The summed E-state index contributed by atoms with van der Waals surface area (Å²) >= 11 is 0. The van der Waals surface area contributed by atoms with Crippen LogP contribution in [0.3, 0.4) is 0 Å². The molecule has 1 aromatic heterocycles. The fourth-order valence-corrected chi connectivity index (χ4v) is 1.63. The number of hydrogen-bond acceptors (Lipinski definition) is 3. The van der Waals surface area contributed by atoms with Gasteiger partial charge >= 0.3 is 0 Å². The number of anilines is 1. The number of hydrogen-bond donors (Lipinski definition) is 2. The van der Waals surface area contributed by atoms with E-state index < -0.39 is 11.7 Å². The fourth-order valence-electron chi connectivity index (χ4n) is 1.63. The lowest BCUT2D eigenvalue weighted by molar-refractivity contribution is 0.100. The summed E-state index contributed by atoms with van der Waals surface area (Å²) in [5.41, 5.74) is 5.62. The molecule has 0 aliphatic carbocycles. The molecular formula is C13H13FN2O2. The normalized spacial score (nSPS) is 12.1. The van der Waals surface area contributed by atoms with Gasteiger partial charge in [0.15, 0.2) is 0 Å². The summed E-state index contributed by atoms with van der Waals surface area (Å²) in [6, 6.07) is 7.27. The van der Waals surface area contributed by atoms with Crippen LogP contribution >= 0.6 is 0 Å². The van der Waals surface area contributed by atoms with Crippen LogP contribution in [0.2, 0.25) is 0 Å². The molecule has 0 aliphatic heterocycles. The highest BCUT2D eigenvalue weighted by Crippen LogP contribution is 2.22. The fraction of sp³-hybridized carbons (Fsp3) is 0.154. The van der Waals surface area contributed by atoms with Crippen molar-refractivity contribution in [1.82, 2.24) is 0 Å². The zero-order chi connectivity index (χ0) is 13.1. The summed E-state index contributed by atoms with van der Waals surface area (Å²) < 4.78 is 18.8. The molecule has 0 radical (unpaired) electrons. The minimum atomic E-state index is -0.594. The molecule has 0 spiro atoms. The molecule has 5 heteroatoms. The Morgan fingerprint density at radius 3 is 2.83 bits per heavy atom. The Hall–Kier alpha value is -2.30. The number of nitrogens with one attached hydrogen (secondary N) is 1. The molecule has 1 amide bonds. The van der Waals surface area contributed by atoms with E-state index in [1.54, 1.807) is 18.4 Å². The van der Waals surface area contributed by atoms with Gasteiger partial charge in [0.05, 0.1) is 18.0 Å². The third-order valence-corrected chi connectivity index (χ3v) is 2.59. The quantitative estimate of drug-likeness (QED) is 0.874. The minimum Gasteiger partial charge on any atom is -0.467 e. The van der Waals surface area contributed by atoms with Crippen LogP contribution in [-0.4, -0.2) is 5.91 Å². The number of furan rings is 1. The van der Waals surface area contributed by atoms with Gasteiger partial charge in [-0.25, -0.2) is 4.39 Å². The van der Waals surface area contributed by atoms with Crippen molar-refractivity contribution in [2.75, 3.05) is 5.32 Å². The largest absolute Gasteiger partial charge is 0.467 e. The first-order chi connectivity index (χ1) is 8.58. The van der Waals surface area contributed by atoms with Crippen LogP contribution in [-0.2, 0) is 0 Å². The van der Waals surface area contributed by atoms with Crippen molar-refractivity contribution >= 4 is 11.6 Å². The van der Waals surface area contributed by atoms with Crippen molar-refractivity contribution in [2.24, 2.45) is 5.73 Å². The first-order valence-electron chi connectivity index (χ1n) is 5.47. The molecule has 18 heavy (non-hydrogen) atoms. The molecule has 1 heterocycles. The zero-order valence-corrected chi connectivity index (χ0v) is 9.81. The molecule has 2 rings (SSSR count). The smallest absolute Gasteiger partial charge is 0.248 e. The van der Waals surface area contributed by atoms with Crippen LogP contribution in [0.4, 0.5) is 10.1 Å². The van der Waals surface area contributed by atoms with E-state index >= 15 is 0 Å². The maximum atomic E-state index is 13.6. The second-order valence-corrected chi connectivity index (χ2v) is 3.94. The van der Waals surface area contributed by atoms with Crippen LogP contribution in [0.5, 0.6) is 0 Å². The Labute approximate surface area is 104 Å². The highest BCUT2D eigenvalue weighted by molar-refractivity contribution is 5.93. The molecule has 0 aliphatic rings. The molecule has 0 saturated carbocycles. The number of carbonyl (C=O) groups is 1. The summed E-state index contributed by atoms with van der Waals surface area (Å²) in [5.74, 6) is -0.360. The maximum absolute atomic E-state index is 13.6. The first kappa shape index (κ1) is 12.2. The average Bonchev–Trinajstić information content (AvgIpc) is 2.85. The predicted octanol–water partition coefficient (Wildman–Crippen LogP) is 2.69. The van der Waals surface area contributed by atoms with Crippen LogP contribution < -0.4 is 11.1 Å². The van der Waals surface area contributed by atoms with E-state index in [0.717, 1.165) is 0 Å². The predicted molar refractivity (Wildman–Crippen MR) is 65.7 cm³/mol. The van der Waals surface area contributed by atoms with Gasteiger partial charge in [0.2, 0.25) is 5.91 Å². The zero-order valence-electron chi connectivity index (χ0n) is 9.81. The van der Waals surface area contributed by atoms with Crippen molar-refractivity contribution < 1.29 is 13.6 Å². The van der Waals surface area contributed by atoms with Crippen molar-refractivity contribution in [2.45, 2.75) is 13.0 Å². The Morgan fingerprint density at radius 1 is 1.44 bits per heavy atom. The van der Waals surface area contributed by atoms with Gasteiger partial charge in [-0.3, -0.25) is 4.79 Å². The third-order valence-electron chi connectivity index (χ3n) is 2.59. The average molecular weight is 248 g/mol.